The van der Waals surface area contributed by atoms with Gasteiger partial charge in [0.25, 0.3) is 0 Å². The Morgan fingerprint density at radius 3 is 2.61 bits per heavy atom. The summed E-state index contributed by atoms with van der Waals surface area (Å²) in [5.74, 6) is 1.25. The van der Waals surface area contributed by atoms with Crippen molar-refractivity contribution in [2.45, 2.75) is 39.7 Å². The highest BCUT2D eigenvalue weighted by Crippen LogP contribution is 2.35. The Bertz CT molecular complexity index is 1290. The van der Waals surface area contributed by atoms with E-state index >= 15 is 0 Å². The first-order valence-electron chi connectivity index (χ1n) is 10.9. The number of anilines is 1. The molecule has 0 radical (unpaired) electrons. The van der Waals surface area contributed by atoms with Crippen LogP contribution in [0.4, 0.5) is 5.69 Å². The number of aromatic nitrogens is 2. The second-order valence-electron chi connectivity index (χ2n) is 8.66. The third kappa shape index (κ3) is 3.52. The van der Waals surface area contributed by atoms with Gasteiger partial charge in [0.15, 0.2) is 0 Å². The second kappa shape index (κ2) is 7.69. The monoisotopic (exact) mass is 409 g/mol. The highest BCUT2D eigenvalue weighted by molar-refractivity contribution is 5.97. The van der Waals surface area contributed by atoms with Crippen molar-refractivity contribution in [3.05, 3.63) is 94.8 Å². The number of hydrogen-bond acceptors (Lipinski definition) is 2. The van der Waals surface area contributed by atoms with Gasteiger partial charge in [0.2, 0.25) is 5.91 Å². The van der Waals surface area contributed by atoms with Crippen molar-refractivity contribution in [3.63, 3.8) is 0 Å². The standard InChI is InChI=1S/C27H27N3O/c1-18-8-6-10-21(14-18)16-30-25-12-5-4-11-23(25)28-27(30)22-15-26(31)29(17-22)24-13-7-9-19(2)20(24)3/h4-14,22H,15-17H2,1-3H3. The molecule has 2 heterocycles. The van der Waals surface area contributed by atoms with Crippen LogP contribution in [0.2, 0.25) is 0 Å². The molecule has 1 unspecified atom stereocenters. The average Bonchev–Trinajstić information content (AvgIpc) is 3.31. The summed E-state index contributed by atoms with van der Waals surface area (Å²) in [5, 5.41) is 0. The molecule has 1 fully saturated rings. The SMILES string of the molecule is Cc1cccc(Cn2c(C3CC(=O)N(c4cccc(C)c4C)C3)nc3ccccc32)c1. The Labute approximate surface area is 183 Å². The van der Waals surface area contributed by atoms with Gasteiger partial charge in [-0.3, -0.25) is 4.79 Å². The molecule has 0 saturated carbocycles. The van der Waals surface area contributed by atoms with Crippen molar-refractivity contribution in [2.75, 3.05) is 11.4 Å². The van der Waals surface area contributed by atoms with Gasteiger partial charge in [-0.25, -0.2) is 4.98 Å². The van der Waals surface area contributed by atoms with Crippen LogP contribution in [0.1, 0.15) is 40.4 Å². The van der Waals surface area contributed by atoms with Gasteiger partial charge < -0.3 is 9.47 Å². The first-order valence-corrected chi connectivity index (χ1v) is 10.9. The largest absolute Gasteiger partial charge is 0.323 e. The zero-order valence-corrected chi connectivity index (χ0v) is 18.3. The van der Waals surface area contributed by atoms with E-state index in [1.165, 1.54) is 22.3 Å². The molecule has 1 aliphatic heterocycles. The summed E-state index contributed by atoms with van der Waals surface area (Å²) in [6.07, 6.45) is 0.491. The summed E-state index contributed by atoms with van der Waals surface area (Å²) in [7, 11) is 0. The van der Waals surface area contributed by atoms with Crippen molar-refractivity contribution in [3.8, 4) is 0 Å². The number of para-hydroxylation sites is 2. The maximum absolute atomic E-state index is 13.0. The minimum absolute atomic E-state index is 0.0737. The molecule has 4 nitrogen and oxygen atoms in total. The van der Waals surface area contributed by atoms with Crippen LogP contribution in [-0.2, 0) is 11.3 Å². The van der Waals surface area contributed by atoms with Gasteiger partial charge in [0, 0.05) is 31.1 Å². The van der Waals surface area contributed by atoms with E-state index in [1.54, 1.807) is 0 Å². The fourth-order valence-corrected chi connectivity index (χ4v) is 4.71. The molecule has 1 aliphatic rings. The number of carbonyl (C=O) groups is 1. The zero-order chi connectivity index (χ0) is 21.5. The van der Waals surface area contributed by atoms with Gasteiger partial charge in [-0.05, 0) is 55.7 Å². The fourth-order valence-electron chi connectivity index (χ4n) is 4.71. The van der Waals surface area contributed by atoms with Crippen LogP contribution in [0.3, 0.4) is 0 Å². The zero-order valence-electron chi connectivity index (χ0n) is 18.3. The molecular formula is C27H27N3O. The lowest BCUT2D eigenvalue weighted by Gasteiger charge is -2.20. The molecule has 1 saturated heterocycles. The second-order valence-corrected chi connectivity index (χ2v) is 8.66. The average molecular weight is 410 g/mol. The van der Waals surface area contributed by atoms with Crippen molar-refractivity contribution < 1.29 is 4.79 Å². The van der Waals surface area contributed by atoms with Gasteiger partial charge in [0.05, 0.1) is 11.0 Å². The molecule has 0 spiro atoms. The van der Waals surface area contributed by atoms with Crippen LogP contribution in [0.25, 0.3) is 11.0 Å². The van der Waals surface area contributed by atoms with Crippen molar-refractivity contribution in [1.82, 2.24) is 9.55 Å². The Morgan fingerprint density at radius 1 is 0.968 bits per heavy atom. The number of imidazole rings is 1. The van der Waals surface area contributed by atoms with Crippen LogP contribution >= 0.6 is 0 Å². The van der Waals surface area contributed by atoms with Gasteiger partial charge in [0.1, 0.15) is 5.82 Å². The predicted molar refractivity (Wildman–Crippen MR) is 126 cm³/mol. The molecule has 5 rings (SSSR count). The minimum atomic E-state index is 0.0737. The van der Waals surface area contributed by atoms with Gasteiger partial charge >= 0.3 is 0 Å². The topological polar surface area (TPSA) is 38.1 Å². The molecule has 0 bridgehead atoms. The molecule has 0 N–H and O–H groups in total. The van der Waals surface area contributed by atoms with E-state index in [1.807, 2.05) is 17.0 Å². The summed E-state index contributed by atoms with van der Waals surface area (Å²) in [4.78, 5) is 20.0. The number of nitrogens with zero attached hydrogens (tertiary/aromatic N) is 3. The predicted octanol–water partition coefficient (Wildman–Crippen LogP) is 5.53. The normalized spacial score (nSPS) is 16.4. The summed E-state index contributed by atoms with van der Waals surface area (Å²) < 4.78 is 2.30. The number of carbonyl (C=O) groups excluding carboxylic acids is 1. The van der Waals surface area contributed by atoms with Gasteiger partial charge in [-0.2, -0.15) is 0 Å². The molecule has 0 aliphatic carbocycles. The lowest BCUT2D eigenvalue weighted by atomic mass is 10.1. The van der Waals surface area contributed by atoms with Crippen LogP contribution < -0.4 is 4.90 Å². The Balaban J connectivity index is 1.54. The Hall–Kier alpha value is -3.40. The first-order chi connectivity index (χ1) is 15.0. The lowest BCUT2D eigenvalue weighted by Crippen LogP contribution is -2.25. The maximum Gasteiger partial charge on any atom is 0.227 e. The molecule has 1 aromatic heterocycles. The van der Waals surface area contributed by atoms with Crippen molar-refractivity contribution in [2.24, 2.45) is 0 Å². The Kier molecular flexibility index (Phi) is 4.85. The van der Waals surface area contributed by atoms with Crippen molar-refractivity contribution in [1.29, 1.82) is 0 Å². The first kappa shape index (κ1) is 19.6. The van der Waals surface area contributed by atoms with Crippen LogP contribution in [0.15, 0.2) is 66.7 Å². The summed E-state index contributed by atoms with van der Waals surface area (Å²) in [6.45, 7) is 7.73. The minimum Gasteiger partial charge on any atom is -0.323 e. The highest BCUT2D eigenvalue weighted by atomic mass is 16.2. The smallest absolute Gasteiger partial charge is 0.227 e. The van der Waals surface area contributed by atoms with Crippen LogP contribution in [0.5, 0.6) is 0 Å². The number of aryl methyl sites for hydroxylation is 2. The number of fused-ring (bicyclic) bond motifs is 1. The number of amides is 1. The lowest BCUT2D eigenvalue weighted by molar-refractivity contribution is -0.117. The Morgan fingerprint density at radius 2 is 1.77 bits per heavy atom. The van der Waals surface area contributed by atoms with Crippen molar-refractivity contribution >= 4 is 22.6 Å². The molecule has 4 heteroatoms. The molecule has 31 heavy (non-hydrogen) atoms. The van der Waals surface area contributed by atoms with Gasteiger partial charge in [-0.1, -0.05) is 54.1 Å². The van der Waals surface area contributed by atoms with E-state index in [2.05, 4.69) is 79.9 Å². The van der Waals surface area contributed by atoms with E-state index in [9.17, 15) is 4.79 Å². The summed E-state index contributed by atoms with van der Waals surface area (Å²) >= 11 is 0. The fraction of sp³-hybridized carbons (Fsp3) is 0.259. The molecule has 1 amide bonds. The number of hydrogen-bond donors (Lipinski definition) is 0. The summed E-state index contributed by atoms with van der Waals surface area (Å²) in [6, 6.07) is 23.1. The van der Waals surface area contributed by atoms with E-state index < -0.39 is 0 Å². The number of rotatable bonds is 4. The van der Waals surface area contributed by atoms with Crippen LogP contribution in [0, 0.1) is 20.8 Å². The molecular weight excluding hydrogens is 382 g/mol. The van der Waals surface area contributed by atoms with E-state index in [0.29, 0.717) is 13.0 Å². The highest BCUT2D eigenvalue weighted by Gasteiger charge is 2.35. The summed E-state index contributed by atoms with van der Waals surface area (Å²) in [5.41, 5.74) is 8.01. The maximum atomic E-state index is 13.0. The molecule has 3 aromatic carbocycles. The van der Waals surface area contributed by atoms with Gasteiger partial charge in [-0.15, -0.1) is 0 Å². The molecule has 156 valence electrons. The molecule has 1 atom stereocenters. The number of benzene rings is 3. The molecule has 4 aromatic rings. The third-order valence-electron chi connectivity index (χ3n) is 6.46. The van der Waals surface area contributed by atoms with E-state index in [4.69, 9.17) is 4.98 Å². The van der Waals surface area contributed by atoms with E-state index in [-0.39, 0.29) is 11.8 Å². The quantitative estimate of drug-likeness (QED) is 0.444. The van der Waals surface area contributed by atoms with E-state index in [0.717, 1.165) is 29.1 Å². The van der Waals surface area contributed by atoms with Crippen LogP contribution in [-0.4, -0.2) is 22.0 Å². The third-order valence-corrected chi connectivity index (χ3v) is 6.46.